The first kappa shape index (κ1) is 17.6. The summed E-state index contributed by atoms with van der Waals surface area (Å²) in [4.78, 5) is 38.8. The Kier molecular flexibility index (Phi) is 4.97. The number of aromatic nitrogens is 3. The number of carbonyl (C=O) groups is 3. The zero-order chi connectivity index (χ0) is 18.7. The molecule has 9 nitrogen and oxygen atoms in total. The fourth-order valence-electron chi connectivity index (χ4n) is 2.97. The molecule has 3 amide bonds. The van der Waals surface area contributed by atoms with Gasteiger partial charge in [0.05, 0.1) is 12.6 Å². The number of rotatable bonds is 5. The molecule has 2 aromatic rings. The number of likely N-dealkylation sites (tertiary alicyclic amines) is 1. The molecule has 0 radical (unpaired) electrons. The number of nitrogens with one attached hydrogen (secondary N) is 1. The van der Waals surface area contributed by atoms with Gasteiger partial charge in [0.15, 0.2) is 5.69 Å². The van der Waals surface area contributed by atoms with Crippen molar-refractivity contribution in [1.82, 2.24) is 25.2 Å². The highest BCUT2D eigenvalue weighted by Gasteiger charge is 2.29. The van der Waals surface area contributed by atoms with E-state index in [1.54, 1.807) is 36.2 Å². The van der Waals surface area contributed by atoms with Gasteiger partial charge in [0, 0.05) is 31.7 Å². The van der Waals surface area contributed by atoms with E-state index in [0.29, 0.717) is 36.3 Å². The molecule has 0 aliphatic carbocycles. The van der Waals surface area contributed by atoms with Crippen LogP contribution in [0.25, 0.3) is 0 Å². The number of aryl methyl sites for hydroxylation is 1. The van der Waals surface area contributed by atoms with E-state index in [4.69, 9.17) is 5.73 Å². The second kappa shape index (κ2) is 7.34. The lowest BCUT2D eigenvalue weighted by molar-refractivity contribution is -0.121. The van der Waals surface area contributed by atoms with Crippen molar-refractivity contribution in [1.29, 1.82) is 0 Å². The van der Waals surface area contributed by atoms with Gasteiger partial charge in [-0.1, -0.05) is 12.1 Å². The van der Waals surface area contributed by atoms with Crippen molar-refractivity contribution in [2.24, 2.45) is 12.8 Å². The molecule has 1 aliphatic heterocycles. The Balaban J connectivity index is 1.53. The number of primary amides is 1. The van der Waals surface area contributed by atoms with Crippen LogP contribution in [0.5, 0.6) is 0 Å². The van der Waals surface area contributed by atoms with Crippen molar-refractivity contribution in [3.05, 3.63) is 47.3 Å². The number of amides is 3. The maximum absolute atomic E-state index is 12.3. The lowest BCUT2D eigenvalue weighted by Gasteiger charge is -2.16. The maximum atomic E-state index is 12.3. The summed E-state index contributed by atoms with van der Waals surface area (Å²) in [6.07, 6.45) is 2.26. The van der Waals surface area contributed by atoms with E-state index >= 15 is 0 Å². The first-order valence-electron chi connectivity index (χ1n) is 8.26. The van der Waals surface area contributed by atoms with Crippen LogP contribution < -0.4 is 11.1 Å². The zero-order valence-electron chi connectivity index (χ0n) is 14.4. The molecule has 0 spiro atoms. The summed E-state index contributed by atoms with van der Waals surface area (Å²) in [5.41, 5.74) is 6.63. The van der Waals surface area contributed by atoms with Gasteiger partial charge in [0.1, 0.15) is 0 Å². The molecular formula is C17H20N6O3. The predicted molar refractivity (Wildman–Crippen MR) is 92.1 cm³/mol. The summed E-state index contributed by atoms with van der Waals surface area (Å²) >= 11 is 0. The minimum atomic E-state index is -0.527. The Hall–Kier alpha value is -3.23. The van der Waals surface area contributed by atoms with E-state index in [1.807, 2.05) is 0 Å². The average molecular weight is 356 g/mol. The van der Waals surface area contributed by atoms with E-state index in [9.17, 15) is 14.4 Å². The van der Waals surface area contributed by atoms with Gasteiger partial charge in [-0.2, -0.15) is 9.90 Å². The quantitative estimate of drug-likeness (QED) is 0.747. The van der Waals surface area contributed by atoms with Gasteiger partial charge in [-0.05, 0) is 24.1 Å². The van der Waals surface area contributed by atoms with Crippen LogP contribution in [-0.4, -0.2) is 56.7 Å². The van der Waals surface area contributed by atoms with Crippen molar-refractivity contribution >= 4 is 17.7 Å². The Labute approximate surface area is 150 Å². The third-order valence-corrected chi connectivity index (χ3v) is 4.24. The zero-order valence-corrected chi connectivity index (χ0v) is 14.4. The number of hydrogen-bond donors (Lipinski definition) is 2. The second-order valence-electron chi connectivity index (χ2n) is 6.26. The molecule has 9 heteroatoms. The SMILES string of the molecule is Cn1ncc(C(=O)N2CCC(NC(=O)Cc3cccc(C(N)=O)c3)C2)n1. The van der Waals surface area contributed by atoms with Gasteiger partial charge < -0.3 is 16.0 Å². The number of nitrogens with zero attached hydrogens (tertiary/aromatic N) is 4. The fraction of sp³-hybridized carbons (Fsp3) is 0.353. The summed E-state index contributed by atoms with van der Waals surface area (Å²) < 4.78 is 0. The third kappa shape index (κ3) is 4.05. The molecule has 26 heavy (non-hydrogen) atoms. The third-order valence-electron chi connectivity index (χ3n) is 4.24. The van der Waals surface area contributed by atoms with Crippen molar-refractivity contribution in [2.75, 3.05) is 13.1 Å². The summed E-state index contributed by atoms with van der Waals surface area (Å²) in [5.74, 6) is -0.879. The summed E-state index contributed by atoms with van der Waals surface area (Å²) in [6, 6.07) is 6.57. The van der Waals surface area contributed by atoms with Crippen molar-refractivity contribution in [2.45, 2.75) is 18.9 Å². The van der Waals surface area contributed by atoms with Crippen molar-refractivity contribution in [3.8, 4) is 0 Å². The second-order valence-corrected chi connectivity index (χ2v) is 6.26. The van der Waals surface area contributed by atoms with Crippen LogP contribution in [0.4, 0.5) is 0 Å². The highest BCUT2D eigenvalue weighted by Crippen LogP contribution is 2.13. The molecule has 1 aliphatic rings. The first-order chi connectivity index (χ1) is 12.4. The van der Waals surface area contributed by atoms with E-state index in [-0.39, 0.29) is 24.3 Å². The van der Waals surface area contributed by atoms with E-state index < -0.39 is 5.91 Å². The van der Waals surface area contributed by atoms with Crippen LogP contribution in [0.3, 0.4) is 0 Å². The van der Waals surface area contributed by atoms with Crippen LogP contribution in [0.2, 0.25) is 0 Å². The smallest absolute Gasteiger partial charge is 0.276 e. The Morgan fingerprint density at radius 3 is 2.85 bits per heavy atom. The minimum absolute atomic E-state index is 0.109. The predicted octanol–water partition coefficient (Wildman–Crippen LogP) is -0.513. The largest absolute Gasteiger partial charge is 0.366 e. The number of nitrogens with two attached hydrogens (primary N) is 1. The lowest BCUT2D eigenvalue weighted by atomic mass is 10.1. The molecule has 136 valence electrons. The van der Waals surface area contributed by atoms with Crippen LogP contribution in [0.1, 0.15) is 32.8 Å². The lowest BCUT2D eigenvalue weighted by Crippen LogP contribution is -2.39. The highest BCUT2D eigenvalue weighted by atomic mass is 16.2. The molecule has 1 aromatic carbocycles. The monoisotopic (exact) mass is 356 g/mol. The molecule has 0 bridgehead atoms. The summed E-state index contributed by atoms with van der Waals surface area (Å²) in [6.45, 7) is 0.986. The van der Waals surface area contributed by atoms with Crippen LogP contribution >= 0.6 is 0 Å². The van der Waals surface area contributed by atoms with Crippen LogP contribution in [0.15, 0.2) is 30.5 Å². The standard InChI is InChI=1S/C17H20N6O3/c1-22-19-9-14(21-22)17(26)23-6-5-13(10-23)20-15(24)8-11-3-2-4-12(7-11)16(18)25/h2-4,7,9,13H,5-6,8,10H2,1H3,(H2,18,25)(H,20,24). The Morgan fingerprint density at radius 1 is 1.35 bits per heavy atom. The normalized spacial score (nSPS) is 16.5. The molecule has 1 aromatic heterocycles. The fourth-order valence-corrected chi connectivity index (χ4v) is 2.97. The molecule has 2 heterocycles. The molecule has 0 saturated carbocycles. The average Bonchev–Trinajstić information content (AvgIpc) is 3.23. The molecule has 1 unspecified atom stereocenters. The van der Waals surface area contributed by atoms with Crippen molar-refractivity contribution < 1.29 is 14.4 Å². The number of benzene rings is 1. The Morgan fingerprint density at radius 2 is 2.15 bits per heavy atom. The van der Waals surface area contributed by atoms with E-state index in [2.05, 4.69) is 15.5 Å². The minimum Gasteiger partial charge on any atom is -0.366 e. The molecule has 3 N–H and O–H groups in total. The highest BCUT2D eigenvalue weighted by molar-refractivity contribution is 5.93. The molecule has 1 atom stereocenters. The van der Waals surface area contributed by atoms with Gasteiger partial charge >= 0.3 is 0 Å². The van der Waals surface area contributed by atoms with Crippen LogP contribution in [-0.2, 0) is 18.3 Å². The van der Waals surface area contributed by atoms with E-state index in [1.165, 1.54) is 11.0 Å². The summed E-state index contributed by atoms with van der Waals surface area (Å²) in [7, 11) is 1.65. The van der Waals surface area contributed by atoms with Gasteiger partial charge in [0.2, 0.25) is 11.8 Å². The van der Waals surface area contributed by atoms with Crippen molar-refractivity contribution in [3.63, 3.8) is 0 Å². The first-order valence-corrected chi connectivity index (χ1v) is 8.26. The topological polar surface area (TPSA) is 123 Å². The van der Waals surface area contributed by atoms with Gasteiger partial charge in [-0.15, -0.1) is 5.10 Å². The molecule has 3 rings (SSSR count). The van der Waals surface area contributed by atoms with Gasteiger partial charge in [-0.25, -0.2) is 0 Å². The molecule has 1 fully saturated rings. The number of hydrogen-bond acceptors (Lipinski definition) is 5. The summed E-state index contributed by atoms with van der Waals surface area (Å²) in [5, 5.41) is 10.8. The van der Waals surface area contributed by atoms with Crippen LogP contribution in [0, 0.1) is 0 Å². The molecule has 1 saturated heterocycles. The van der Waals surface area contributed by atoms with Gasteiger partial charge in [-0.3, -0.25) is 14.4 Å². The molecular weight excluding hydrogens is 336 g/mol. The maximum Gasteiger partial charge on any atom is 0.276 e. The van der Waals surface area contributed by atoms with Gasteiger partial charge in [0.25, 0.3) is 5.91 Å². The number of carbonyl (C=O) groups excluding carboxylic acids is 3. The Bertz CT molecular complexity index is 847. The van der Waals surface area contributed by atoms with E-state index in [0.717, 1.165) is 0 Å².